The molecule has 5 nitrogen and oxygen atoms in total. The molecular weight excluding hydrogens is 304 g/mol. The van der Waals surface area contributed by atoms with Gasteiger partial charge < -0.3 is 0 Å². The van der Waals surface area contributed by atoms with Crippen molar-refractivity contribution in [2.45, 2.75) is 6.92 Å². The molecule has 1 aliphatic heterocycles. The maximum atomic E-state index is 12.5. The third kappa shape index (κ3) is 2.16. The Kier molecular flexibility index (Phi) is 3.42. The average molecular weight is 315 g/mol. The summed E-state index contributed by atoms with van der Waals surface area (Å²) >= 11 is 5.84. The number of hydrazine groups is 1. The van der Waals surface area contributed by atoms with Crippen molar-refractivity contribution in [1.29, 1.82) is 0 Å². The van der Waals surface area contributed by atoms with Crippen molar-refractivity contribution < 1.29 is 14.4 Å². The molecular formula is C16H11ClN2O3. The monoisotopic (exact) mass is 314 g/mol. The third-order valence-electron chi connectivity index (χ3n) is 3.34. The lowest BCUT2D eigenvalue weighted by molar-refractivity contribution is -0.118. The SMILES string of the molecule is CC(=O)N(c1ccc(Cl)cc1)N1C(=O)c2ccccc2C1=O. The molecule has 0 unspecified atom stereocenters. The lowest BCUT2D eigenvalue weighted by Crippen LogP contribution is -2.49. The highest BCUT2D eigenvalue weighted by Gasteiger charge is 2.40. The van der Waals surface area contributed by atoms with Crippen LogP contribution in [0.4, 0.5) is 5.69 Å². The minimum atomic E-state index is -0.522. The Hall–Kier alpha value is -2.66. The summed E-state index contributed by atoms with van der Waals surface area (Å²) in [5.41, 5.74) is 0.965. The molecule has 3 rings (SSSR count). The van der Waals surface area contributed by atoms with Crippen LogP contribution in [0.2, 0.25) is 5.02 Å². The fourth-order valence-electron chi connectivity index (χ4n) is 2.38. The summed E-state index contributed by atoms with van der Waals surface area (Å²) < 4.78 is 0. The van der Waals surface area contributed by atoms with E-state index in [0.717, 1.165) is 10.0 Å². The number of fused-ring (bicyclic) bond motifs is 1. The second-order valence-electron chi connectivity index (χ2n) is 4.77. The van der Waals surface area contributed by atoms with Crippen molar-refractivity contribution in [2.24, 2.45) is 0 Å². The van der Waals surface area contributed by atoms with Crippen molar-refractivity contribution in [3.8, 4) is 0 Å². The summed E-state index contributed by atoms with van der Waals surface area (Å²) in [6, 6.07) is 12.8. The van der Waals surface area contributed by atoms with Crippen LogP contribution in [0.5, 0.6) is 0 Å². The minimum Gasteiger partial charge on any atom is -0.273 e. The standard InChI is InChI=1S/C16H11ClN2O3/c1-10(20)18(12-8-6-11(17)7-9-12)19-15(21)13-4-2-3-5-14(13)16(19)22/h2-9H,1H3. The van der Waals surface area contributed by atoms with Crippen molar-refractivity contribution in [1.82, 2.24) is 5.01 Å². The predicted octanol–water partition coefficient (Wildman–Crippen LogP) is 2.90. The first-order valence-electron chi connectivity index (χ1n) is 6.54. The van der Waals surface area contributed by atoms with E-state index in [-0.39, 0.29) is 11.1 Å². The molecule has 110 valence electrons. The largest absolute Gasteiger partial charge is 0.281 e. The van der Waals surface area contributed by atoms with E-state index in [2.05, 4.69) is 0 Å². The van der Waals surface area contributed by atoms with Crippen LogP contribution in [-0.4, -0.2) is 22.7 Å². The lowest BCUT2D eigenvalue weighted by Gasteiger charge is -2.28. The fraction of sp³-hybridized carbons (Fsp3) is 0.0625. The Bertz CT molecular complexity index is 751. The number of nitrogens with zero attached hydrogens (tertiary/aromatic N) is 2. The van der Waals surface area contributed by atoms with Crippen LogP contribution in [0.1, 0.15) is 27.6 Å². The van der Waals surface area contributed by atoms with Crippen molar-refractivity contribution in [3.05, 3.63) is 64.7 Å². The van der Waals surface area contributed by atoms with Crippen LogP contribution in [0.25, 0.3) is 0 Å². The van der Waals surface area contributed by atoms with E-state index in [1.54, 1.807) is 48.5 Å². The zero-order valence-corrected chi connectivity index (χ0v) is 12.4. The molecule has 0 spiro atoms. The zero-order valence-electron chi connectivity index (χ0n) is 11.6. The normalized spacial score (nSPS) is 13.3. The number of imide groups is 1. The minimum absolute atomic E-state index is 0.285. The number of amides is 3. The summed E-state index contributed by atoms with van der Waals surface area (Å²) in [6.45, 7) is 1.29. The Morgan fingerprint density at radius 1 is 0.955 bits per heavy atom. The molecule has 0 bridgehead atoms. The average Bonchev–Trinajstić information content (AvgIpc) is 2.75. The maximum absolute atomic E-state index is 12.5. The highest BCUT2D eigenvalue weighted by atomic mass is 35.5. The molecule has 0 saturated carbocycles. The van der Waals surface area contributed by atoms with Crippen LogP contribution >= 0.6 is 11.6 Å². The second-order valence-corrected chi connectivity index (χ2v) is 5.21. The first-order valence-corrected chi connectivity index (χ1v) is 6.92. The van der Waals surface area contributed by atoms with Crippen LogP contribution in [0.3, 0.4) is 0 Å². The van der Waals surface area contributed by atoms with Crippen molar-refractivity contribution in [3.63, 3.8) is 0 Å². The van der Waals surface area contributed by atoms with E-state index < -0.39 is 17.7 Å². The van der Waals surface area contributed by atoms with Crippen molar-refractivity contribution >= 4 is 35.0 Å². The summed E-state index contributed by atoms with van der Waals surface area (Å²) in [4.78, 5) is 37.0. The molecule has 2 aromatic rings. The number of rotatable bonds is 2. The zero-order chi connectivity index (χ0) is 15.9. The second kappa shape index (κ2) is 5.27. The molecule has 0 N–H and O–H groups in total. The molecule has 2 aromatic carbocycles. The first-order chi connectivity index (χ1) is 10.5. The van der Waals surface area contributed by atoms with Gasteiger partial charge in [0.2, 0.25) is 5.91 Å². The molecule has 22 heavy (non-hydrogen) atoms. The molecule has 0 fully saturated rings. The fourth-order valence-corrected chi connectivity index (χ4v) is 2.50. The molecule has 0 radical (unpaired) electrons. The topological polar surface area (TPSA) is 57.7 Å². The van der Waals surface area contributed by atoms with Gasteiger partial charge in [0.1, 0.15) is 0 Å². The maximum Gasteiger partial charge on any atom is 0.281 e. The lowest BCUT2D eigenvalue weighted by atomic mass is 10.1. The summed E-state index contributed by atoms with van der Waals surface area (Å²) in [7, 11) is 0. The van der Waals surface area contributed by atoms with Gasteiger partial charge in [0.25, 0.3) is 11.8 Å². The number of benzene rings is 2. The molecule has 1 aliphatic rings. The van der Waals surface area contributed by atoms with Gasteiger partial charge in [0.05, 0.1) is 16.8 Å². The van der Waals surface area contributed by atoms with Gasteiger partial charge in [-0.15, -0.1) is 0 Å². The quantitative estimate of drug-likeness (QED) is 0.801. The Morgan fingerprint density at radius 3 is 1.91 bits per heavy atom. The molecule has 3 amide bonds. The number of hydrogen-bond donors (Lipinski definition) is 0. The Morgan fingerprint density at radius 2 is 1.45 bits per heavy atom. The number of hydrogen-bond acceptors (Lipinski definition) is 3. The van der Waals surface area contributed by atoms with Crippen LogP contribution in [0.15, 0.2) is 48.5 Å². The number of anilines is 1. The van der Waals surface area contributed by atoms with E-state index >= 15 is 0 Å². The number of carbonyl (C=O) groups excluding carboxylic acids is 3. The summed E-state index contributed by atoms with van der Waals surface area (Å²) in [5.74, 6) is -1.49. The van der Waals surface area contributed by atoms with Gasteiger partial charge in [-0.1, -0.05) is 23.7 Å². The Balaban J connectivity index is 2.08. The summed E-state index contributed by atoms with van der Waals surface area (Å²) in [5, 5.41) is 2.41. The first kappa shape index (κ1) is 14.3. The van der Waals surface area contributed by atoms with Gasteiger partial charge in [-0.3, -0.25) is 14.4 Å². The number of carbonyl (C=O) groups is 3. The highest BCUT2D eigenvalue weighted by molar-refractivity contribution is 6.30. The van der Waals surface area contributed by atoms with Crippen LogP contribution in [0, 0.1) is 0 Å². The summed E-state index contributed by atoms with van der Waals surface area (Å²) in [6.07, 6.45) is 0. The van der Waals surface area contributed by atoms with E-state index in [1.807, 2.05) is 0 Å². The van der Waals surface area contributed by atoms with E-state index in [4.69, 9.17) is 11.6 Å². The molecule has 6 heteroatoms. The smallest absolute Gasteiger partial charge is 0.273 e. The highest BCUT2D eigenvalue weighted by Crippen LogP contribution is 2.28. The van der Waals surface area contributed by atoms with Gasteiger partial charge in [0, 0.05) is 11.9 Å². The van der Waals surface area contributed by atoms with E-state index in [1.165, 1.54) is 6.92 Å². The van der Waals surface area contributed by atoms with Crippen molar-refractivity contribution in [2.75, 3.05) is 5.01 Å². The van der Waals surface area contributed by atoms with E-state index in [0.29, 0.717) is 10.7 Å². The molecule has 0 saturated heterocycles. The van der Waals surface area contributed by atoms with Crippen LogP contribution < -0.4 is 5.01 Å². The molecule has 0 aliphatic carbocycles. The van der Waals surface area contributed by atoms with Gasteiger partial charge in [-0.2, -0.15) is 5.01 Å². The van der Waals surface area contributed by atoms with E-state index in [9.17, 15) is 14.4 Å². The van der Waals surface area contributed by atoms with Crippen LogP contribution in [-0.2, 0) is 4.79 Å². The molecule has 0 aromatic heterocycles. The molecule has 0 atom stereocenters. The Labute approximate surface area is 131 Å². The third-order valence-corrected chi connectivity index (χ3v) is 3.59. The predicted molar refractivity (Wildman–Crippen MR) is 81.6 cm³/mol. The van der Waals surface area contributed by atoms with Gasteiger partial charge >= 0.3 is 0 Å². The van der Waals surface area contributed by atoms with Gasteiger partial charge in [-0.25, -0.2) is 5.01 Å². The van der Waals surface area contributed by atoms with Gasteiger partial charge in [0.15, 0.2) is 0 Å². The molecule has 1 heterocycles. The number of halogens is 1. The van der Waals surface area contributed by atoms with Gasteiger partial charge in [-0.05, 0) is 36.4 Å².